The van der Waals surface area contributed by atoms with Crippen molar-refractivity contribution in [2.45, 2.75) is 0 Å². The SMILES string of the molecule is COc1ccccc1[N+]#[11C-]. The molecule has 2 heteroatoms. The van der Waals surface area contributed by atoms with E-state index in [2.05, 4.69) is 4.85 Å². The first-order valence-electron chi connectivity index (χ1n) is 2.89. The van der Waals surface area contributed by atoms with Crippen LogP contribution in [0.25, 0.3) is 4.85 Å². The van der Waals surface area contributed by atoms with Crippen LogP contribution in [0, 0.1) is 6.57 Å². The third kappa shape index (κ3) is 1.08. The molecular formula is C8H7NO. The maximum atomic E-state index is 6.73. The average Bonchev–Trinajstić information content (AvgIpc) is 2.04. The first kappa shape index (κ1) is 6.63. The highest BCUT2D eigenvalue weighted by Gasteiger charge is 1.96. The van der Waals surface area contributed by atoms with Crippen molar-refractivity contribution < 1.29 is 4.74 Å². The van der Waals surface area contributed by atoms with Crippen molar-refractivity contribution in [3.8, 4) is 5.75 Å². The summed E-state index contributed by atoms with van der Waals surface area (Å²) in [5, 5.41) is 0. The summed E-state index contributed by atoms with van der Waals surface area (Å²) < 4.78 is 4.92. The van der Waals surface area contributed by atoms with Gasteiger partial charge in [0.05, 0.1) is 13.7 Å². The average molecular weight is 132 g/mol. The lowest BCUT2D eigenvalue weighted by Gasteiger charge is -1.99. The van der Waals surface area contributed by atoms with Crippen molar-refractivity contribution in [3.05, 3.63) is 35.7 Å². The van der Waals surface area contributed by atoms with Gasteiger partial charge in [-0.05, 0) is 6.07 Å². The van der Waals surface area contributed by atoms with Crippen LogP contribution in [-0.4, -0.2) is 7.11 Å². The summed E-state index contributed by atoms with van der Waals surface area (Å²) in [7, 11) is 1.56. The predicted octanol–water partition coefficient (Wildman–Crippen LogP) is 2.25. The van der Waals surface area contributed by atoms with Gasteiger partial charge in [0.2, 0.25) is 5.69 Å². The van der Waals surface area contributed by atoms with Gasteiger partial charge in [0.1, 0.15) is 5.75 Å². The highest BCUT2D eigenvalue weighted by molar-refractivity contribution is 5.56. The van der Waals surface area contributed by atoms with Gasteiger partial charge >= 0.3 is 0 Å². The summed E-state index contributed by atoms with van der Waals surface area (Å²) in [5.41, 5.74) is 0.560. The first-order valence-corrected chi connectivity index (χ1v) is 2.89. The van der Waals surface area contributed by atoms with E-state index in [1.165, 1.54) is 0 Å². The zero-order valence-corrected chi connectivity index (χ0v) is 5.66. The molecule has 0 N–H and O–H groups in total. The van der Waals surface area contributed by atoms with Crippen LogP contribution in [0.2, 0.25) is 0 Å². The summed E-state index contributed by atoms with van der Waals surface area (Å²) in [6.07, 6.45) is 0. The van der Waals surface area contributed by atoms with Crippen molar-refractivity contribution in [2.24, 2.45) is 0 Å². The maximum absolute atomic E-state index is 6.73. The van der Waals surface area contributed by atoms with Crippen molar-refractivity contribution in [1.82, 2.24) is 0 Å². The van der Waals surface area contributed by atoms with Gasteiger partial charge in [-0.25, -0.2) is 4.85 Å². The molecule has 0 aliphatic rings. The molecule has 10 heavy (non-hydrogen) atoms. The largest absolute Gasteiger partial charge is 0.508 e. The van der Waals surface area contributed by atoms with E-state index in [1.807, 2.05) is 12.1 Å². The lowest BCUT2D eigenvalue weighted by Crippen LogP contribution is -1.80. The van der Waals surface area contributed by atoms with Gasteiger partial charge in [-0.2, -0.15) is 0 Å². The normalized spacial score (nSPS) is 8.40. The third-order valence-corrected chi connectivity index (χ3v) is 1.21. The molecule has 0 spiro atoms. The Bertz CT molecular complexity index is 262. The summed E-state index contributed by atoms with van der Waals surface area (Å²) >= 11 is 0. The van der Waals surface area contributed by atoms with Crippen molar-refractivity contribution in [1.29, 1.82) is 0 Å². The zero-order chi connectivity index (χ0) is 7.40. The molecule has 0 radical (unpaired) electrons. The summed E-state index contributed by atoms with van der Waals surface area (Å²) in [6, 6.07) is 7.16. The number of benzene rings is 1. The Labute approximate surface area is 59.9 Å². The Morgan fingerprint density at radius 2 is 2.10 bits per heavy atom. The zero-order valence-electron chi connectivity index (χ0n) is 5.66. The minimum absolute atomic E-state index is 0.560. The van der Waals surface area contributed by atoms with Gasteiger partial charge in [-0.15, -0.1) is 0 Å². The highest BCUT2D eigenvalue weighted by Crippen LogP contribution is 2.25. The molecule has 0 aromatic heterocycles. The summed E-state index contributed by atoms with van der Waals surface area (Å²) in [6.45, 7) is 6.73. The molecule has 0 atom stereocenters. The van der Waals surface area contributed by atoms with Gasteiger partial charge in [-0.3, -0.25) is 0 Å². The van der Waals surface area contributed by atoms with Gasteiger partial charge in [-0.1, -0.05) is 18.2 Å². The third-order valence-electron chi connectivity index (χ3n) is 1.21. The van der Waals surface area contributed by atoms with Crippen LogP contribution < -0.4 is 4.74 Å². The number of nitrogens with zero attached hydrogens (tertiary/aromatic N) is 1. The number of ether oxygens (including phenoxy) is 1. The van der Waals surface area contributed by atoms with Crippen LogP contribution in [0.5, 0.6) is 5.75 Å². The molecule has 0 fully saturated rings. The molecule has 0 heterocycles. The maximum Gasteiger partial charge on any atom is 0.228 e. The monoisotopic (exact) mass is 132 g/mol. The fraction of sp³-hybridized carbons (Fsp3) is 0.125. The van der Waals surface area contributed by atoms with Gasteiger partial charge in [0.25, 0.3) is 0 Å². The smallest absolute Gasteiger partial charge is 0.228 e. The predicted molar refractivity (Wildman–Crippen MR) is 39.3 cm³/mol. The van der Waals surface area contributed by atoms with Crippen LogP contribution in [0.3, 0.4) is 0 Å². The fourth-order valence-electron chi connectivity index (χ4n) is 0.722. The standard InChI is InChI=1S/C8H7NO/c1-9-7-5-3-4-6-8(7)10-2/h3-6H,2H3/i1-1. The number of para-hydroxylation sites is 2. The topological polar surface area (TPSA) is 13.6 Å². The Balaban J connectivity index is 3.12. The second-order valence-corrected chi connectivity index (χ2v) is 1.78. The molecule has 1 aromatic rings. The van der Waals surface area contributed by atoms with Gasteiger partial charge < -0.3 is 4.74 Å². The molecule has 0 amide bonds. The highest BCUT2D eigenvalue weighted by atomic mass is 16.5. The van der Waals surface area contributed by atoms with Crippen LogP contribution in [0.1, 0.15) is 0 Å². The minimum atomic E-state index is 0.560. The van der Waals surface area contributed by atoms with Crippen molar-refractivity contribution in [3.63, 3.8) is 0 Å². The van der Waals surface area contributed by atoms with Crippen LogP contribution >= 0.6 is 0 Å². The Hall–Kier alpha value is -1.49. The fourth-order valence-corrected chi connectivity index (χ4v) is 0.722. The molecule has 50 valence electrons. The number of rotatable bonds is 1. The molecule has 1 aromatic carbocycles. The van der Waals surface area contributed by atoms with Crippen molar-refractivity contribution >= 4 is 5.69 Å². The minimum Gasteiger partial charge on any atom is -0.508 e. The second kappa shape index (κ2) is 2.88. The van der Waals surface area contributed by atoms with Crippen LogP contribution in [0.4, 0.5) is 5.69 Å². The first-order chi connectivity index (χ1) is 4.88. The number of hydrogen-bond donors (Lipinski definition) is 0. The summed E-state index contributed by atoms with van der Waals surface area (Å²) in [5.74, 6) is 0.637. The Morgan fingerprint density at radius 3 is 2.60 bits per heavy atom. The molecule has 0 saturated heterocycles. The number of hydrogen-bond acceptors (Lipinski definition) is 1. The Kier molecular flexibility index (Phi) is 1.91. The lowest BCUT2D eigenvalue weighted by atomic mass is 10.3. The van der Waals surface area contributed by atoms with E-state index in [0.717, 1.165) is 0 Å². The van der Waals surface area contributed by atoms with E-state index in [1.54, 1.807) is 19.2 Å². The van der Waals surface area contributed by atoms with Crippen LogP contribution in [0.15, 0.2) is 24.3 Å². The molecule has 2 nitrogen and oxygen atoms in total. The van der Waals surface area contributed by atoms with Crippen LogP contribution in [-0.2, 0) is 0 Å². The molecule has 1 rings (SSSR count). The molecule has 0 aliphatic carbocycles. The molecule has 0 bridgehead atoms. The van der Waals surface area contributed by atoms with E-state index in [-0.39, 0.29) is 0 Å². The lowest BCUT2D eigenvalue weighted by molar-refractivity contribution is 0.417. The molecule has 0 unspecified atom stereocenters. The van der Waals surface area contributed by atoms with Gasteiger partial charge in [0, 0.05) is 0 Å². The Morgan fingerprint density at radius 1 is 1.40 bits per heavy atom. The van der Waals surface area contributed by atoms with E-state index in [9.17, 15) is 0 Å². The molecular weight excluding hydrogens is 125 g/mol. The molecule has 0 saturated carbocycles. The number of methoxy groups -OCH3 is 1. The van der Waals surface area contributed by atoms with E-state index < -0.39 is 0 Å². The molecule has 0 aliphatic heterocycles. The van der Waals surface area contributed by atoms with E-state index >= 15 is 0 Å². The second-order valence-electron chi connectivity index (χ2n) is 1.78. The van der Waals surface area contributed by atoms with E-state index in [4.69, 9.17) is 11.3 Å². The van der Waals surface area contributed by atoms with Gasteiger partial charge in [0.15, 0.2) is 0 Å². The quantitative estimate of drug-likeness (QED) is 0.534. The van der Waals surface area contributed by atoms with E-state index in [0.29, 0.717) is 11.4 Å². The summed E-state index contributed by atoms with van der Waals surface area (Å²) in [4.78, 5) is 3.27. The van der Waals surface area contributed by atoms with Crippen molar-refractivity contribution in [2.75, 3.05) is 7.11 Å².